The van der Waals surface area contributed by atoms with Crippen molar-refractivity contribution in [1.29, 1.82) is 0 Å². The molecule has 3 rings (SSSR count). The zero-order valence-electron chi connectivity index (χ0n) is 13.4. The molecule has 5 nitrogen and oxygen atoms in total. The van der Waals surface area contributed by atoms with Crippen molar-refractivity contribution in [2.75, 3.05) is 17.3 Å². The Morgan fingerprint density at radius 3 is 2.38 bits per heavy atom. The van der Waals surface area contributed by atoms with Crippen LogP contribution in [0.3, 0.4) is 0 Å². The van der Waals surface area contributed by atoms with Gasteiger partial charge in [0.2, 0.25) is 0 Å². The Hall–Kier alpha value is -1.36. The number of piperidine rings is 1. The molecule has 1 saturated carbocycles. The highest BCUT2D eigenvalue weighted by Gasteiger charge is 2.29. The summed E-state index contributed by atoms with van der Waals surface area (Å²) in [6.45, 7) is 7.56. The monoisotopic (exact) mass is 289 g/mol. The molecule has 0 amide bonds. The van der Waals surface area contributed by atoms with Crippen molar-refractivity contribution in [2.45, 2.75) is 70.9 Å². The molecule has 21 heavy (non-hydrogen) atoms. The number of hydrogen-bond acceptors (Lipinski definition) is 5. The second-order valence-corrected chi connectivity index (χ2v) is 6.45. The third kappa shape index (κ3) is 3.46. The Kier molecular flexibility index (Phi) is 4.29. The van der Waals surface area contributed by atoms with Crippen molar-refractivity contribution in [2.24, 2.45) is 0 Å². The molecule has 116 valence electrons. The molecule has 1 saturated heterocycles. The predicted octanol–water partition coefficient (Wildman–Crippen LogP) is 3.38. The molecule has 2 N–H and O–H groups in total. The van der Waals surface area contributed by atoms with Gasteiger partial charge in [0.25, 0.3) is 0 Å². The smallest absolute Gasteiger partial charge is 0.146 e. The number of nitrogens with one attached hydrogen (secondary N) is 2. The van der Waals surface area contributed by atoms with Crippen LogP contribution in [0.4, 0.5) is 11.6 Å². The number of rotatable bonds is 5. The lowest BCUT2D eigenvalue weighted by Gasteiger charge is -2.39. The van der Waals surface area contributed by atoms with Crippen molar-refractivity contribution in [3.8, 4) is 0 Å². The maximum absolute atomic E-state index is 4.74. The molecule has 2 heterocycles. The van der Waals surface area contributed by atoms with Gasteiger partial charge in [-0.1, -0.05) is 6.42 Å². The van der Waals surface area contributed by atoms with Crippen LogP contribution < -0.4 is 10.7 Å². The molecule has 1 aliphatic carbocycles. The van der Waals surface area contributed by atoms with Crippen LogP contribution >= 0.6 is 0 Å². The quantitative estimate of drug-likeness (QED) is 0.870. The highest BCUT2D eigenvalue weighted by molar-refractivity contribution is 5.47. The fourth-order valence-electron chi connectivity index (χ4n) is 3.09. The van der Waals surface area contributed by atoms with Crippen LogP contribution in [0.15, 0.2) is 6.07 Å². The van der Waals surface area contributed by atoms with Gasteiger partial charge in [0.15, 0.2) is 0 Å². The molecule has 1 aromatic rings. The predicted molar refractivity (Wildman–Crippen MR) is 86.4 cm³/mol. The van der Waals surface area contributed by atoms with Gasteiger partial charge in [0.1, 0.15) is 17.5 Å². The summed E-state index contributed by atoms with van der Waals surface area (Å²) in [5.41, 5.74) is 3.54. The van der Waals surface area contributed by atoms with E-state index in [0.29, 0.717) is 18.0 Å². The summed E-state index contributed by atoms with van der Waals surface area (Å²) >= 11 is 0. The second-order valence-electron chi connectivity index (χ2n) is 6.45. The van der Waals surface area contributed by atoms with Crippen LogP contribution in [-0.4, -0.2) is 33.6 Å². The molecule has 0 radical (unpaired) electrons. The molecule has 0 spiro atoms. The Labute approximate surface area is 127 Å². The Bertz CT molecular complexity index is 476. The minimum Gasteiger partial charge on any atom is -0.370 e. The van der Waals surface area contributed by atoms with E-state index in [1.54, 1.807) is 0 Å². The molecule has 1 aliphatic heterocycles. The maximum Gasteiger partial charge on any atom is 0.146 e. The zero-order chi connectivity index (χ0) is 14.8. The van der Waals surface area contributed by atoms with Crippen molar-refractivity contribution in [3.05, 3.63) is 11.9 Å². The third-order valence-electron chi connectivity index (χ3n) is 4.48. The van der Waals surface area contributed by atoms with Crippen LogP contribution in [-0.2, 0) is 0 Å². The first-order chi connectivity index (χ1) is 10.2. The SMILES string of the molecule is CCNc1cc(NN2C(C)CCCC2C)nc(C2CC2)n1. The van der Waals surface area contributed by atoms with Gasteiger partial charge >= 0.3 is 0 Å². The normalized spacial score (nSPS) is 26.6. The van der Waals surface area contributed by atoms with E-state index in [0.717, 1.165) is 24.0 Å². The first-order valence-electron chi connectivity index (χ1n) is 8.35. The average molecular weight is 289 g/mol. The van der Waals surface area contributed by atoms with E-state index in [1.807, 2.05) is 6.07 Å². The van der Waals surface area contributed by atoms with E-state index in [-0.39, 0.29) is 0 Å². The standard InChI is InChI=1S/C16H27N5/c1-4-17-14-10-15(19-16(18-14)13-8-9-13)20-21-11(2)6-5-7-12(21)3/h10-13H,4-9H2,1-3H3,(H2,17,18,19,20). The van der Waals surface area contributed by atoms with Crippen LogP contribution in [0.25, 0.3) is 0 Å². The van der Waals surface area contributed by atoms with Crippen LogP contribution in [0.2, 0.25) is 0 Å². The summed E-state index contributed by atoms with van der Waals surface area (Å²) in [6.07, 6.45) is 6.27. The summed E-state index contributed by atoms with van der Waals surface area (Å²) in [5, 5.41) is 5.68. The van der Waals surface area contributed by atoms with Gasteiger partial charge in [-0.05, 0) is 46.5 Å². The average Bonchev–Trinajstić information content (AvgIpc) is 3.28. The van der Waals surface area contributed by atoms with Crippen molar-refractivity contribution in [1.82, 2.24) is 15.0 Å². The summed E-state index contributed by atoms with van der Waals surface area (Å²) in [6, 6.07) is 3.13. The molecule has 2 aliphatic rings. The van der Waals surface area contributed by atoms with E-state index in [2.05, 4.69) is 41.5 Å². The van der Waals surface area contributed by atoms with Crippen molar-refractivity contribution < 1.29 is 0 Å². The highest BCUT2D eigenvalue weighted by atomic mass is 15.5. The fourth-order valence-corrected chi connectivity index (χ4v) is 3.09. The van der Waals surface area contributed by atoms with Crippen molar-refractivity contribution >= 4 is 11.6 Å². The van der Waals surface area contributed by atoms with E-state index in [9.17, 15) is 0 Å². The zero-order valence-corrected chi connectivity index (χ0v) is 13.4. The van der Waals surface area contributed by atoms with Crippen molar-refractivity contribution in [3.63, 3.8) is 0 Å². The summed E-state index contributed by atoms with van der Waals surface area (Å²) in [4.78, 5) is 9.37. The highest BCUT2D eigenvalue weighted by Crippen LogP contribution is 2.39. The lowest BCUT2D eigenvalue weighted by Crippen LogP contribution is -2.47. The molecule has 0 bridgehead atoms. The van der Waals surface area contributed by atoms with Crippen LogP contribution in [0, 0.1) is 0 Å². The van der Waals surface area contributed by atoms with Gasteiger partial charge in [-0.2, -0.15) is 0 Å². The summed E-state index contributed by atoms with van der Waals surface area (Å²) in [5.74, 6) is 3.44. The number of nitrogens with zero attached hydrogens (tertiary/aromatic N) is 3. The lowest BCUT2D eigenvalue weighted by molar-refractivity contribution is 0.135. The molecule has 2 fully saturated rings. The number of hydrazine groups is 1. The molecule has 1 aromatic heterocycles. The molecule has 2 atom stereocenters. The van der Waals surface area contributed by atoms with Gasteiger partial charge < -0.3 is 10.7 Å². The first-order valence-corrected chi connectivity index (χ1v) is 8.35. The molecule has 0 aromatic carbocycles. The van der Waals surface area contributed by atoms with Crippen LogP contribution in [0.1, 0.15) is 64.6 Å². The number of aromatic nitrogens is 2. The second kappa shape index (κ2) is 6.18. The van der Waals surface area contributed by atoms with Gasteiger partial charge in [-0.3, -0.25) is 0 Å². The fraction of sp³-hybridized carbons (Fsp3) is 0.750. The minimum atomic E-state index is 0.552. The maximum atomic E-state index is 4.74. The molecular weight excluding hydrogens is 262 g/mol. The Morgan fingerprint density at radius 2 is 1.76 bits per heavy atom. The molecular formula is C16H27N5. The summed E-state index contributed by atoms with van der Waals surface area (Å²) in [7, 11) is 0. The first kappa shape index (κ1) is 14.6. The topological polar surface area (TPSA) is 53.1 Å². The van der Waals surface area contributed by atoms with Gasteiger partial charge in [0, 0.05) is 30.6 Å². The lowest BCUT2D eigenvalue weighted by atomic mass is 10.00. The largest absolute Gasteiger partial charge is 0.370 e. The van der Waals surface area contributed by atoms with E-state index in [4.69, 9.17) is 4.98 Å². The van der Waals surface area contributed by atoms with E-state index in [1.165, 1.54) is 32.1 Å². The number of anilines is 2. The molecule has 2 unspecified atom stereocenters. The van der Waals surface area contributed by atoms with Gasteiger partial charge in [-0.15, -0.1) is 0 Å². The summed E-state index contributed by atoms with van der Waals surface area (Å²) < 4.78 is 0. The Morgan fingerprint density at radius 1 is 1.10 bits per heavy atom. The minimum absolute atomic E-state index is 0.552. The number of hydrogen-bond donors (Lipinski definition) is 2. The molecule has 5 heteroatoms. The Balaban J connectivity index is 1.79. The van der Waals surface area contributed by atoms with E-state index >= 15 is 0 Å². The van der Waals surface area contributed by atoms with Crippen LogP contribution in [0.5, 0.6) is 0 Å². The van der Waals surface area contributed by atoms with E-state index < -0.39 is 0 Å². The third-order valence-corrected chi connectivity index (χ3v) is 4.48. The van der Waals surface area contributed by atoms with Gasteiger partial charge in [0.05, 0.1) is 0 Å². The van der Waals surface area contributed by atoms with Gasteiger partial charge in [-0.25, -0.2) is 15.0 Å².